The SMILES string of the molecule is Cl.Cl.NCC1(c2cccc(Cl)c2)CCC(N2CCn3c(nnc3C3CC3)C2=O)CC1. The van der Waals surface area contributed by atoms with Crippen LogP contribution in [0, 0.1) is 0 Å². The summed E-state index contributed by atoms with van der Waals surface area (Å²) in [6, 6.07) is 8.33. The largest absolute Gasteiger partial charge is 0.331 e. The summed E-state index contributed by atoms with van der Waals surface area (Å²) >= 11 is 6.22. The normalized spacial score (nSPS) is 25.9. The van der Waals surface area contributed by atoms with E-state index < -0.39 is 0 Å². The number of carbonyl (C=O) groups excluding carboxylic acids is 1. The van der Waals surface area contributed by atoms with Crippen LogP contribution in [0.5, 0.6) is 0 Å². The van der Waals surface area contributed by atoms with Crippen LogP contribution >= 0.6 is 36.4 Å². The molecule has 9 heteroatoms. The Kier molecular flexibility index (Phi) is 7.02. The number of halogens is 3. The molecule has 2 fully saturated rings. The molecule has 6 nitrogen and oxygen atoms in total. The van der Waals surface area contributed by atoms with Gasteiger partial charge < -0.3 is 15.2 Å². The second kappa shape index (κ2) is 9.03. The van der Waals surface area contributed by atoms with Crippen LogP contribution in [-0.2, 0) is 12.0 Å². The van der Waals surface area contributed by atoms with E-state index in [1.54, 1.807) is 0 Å². The maximum Gasteiger partial charge on any atom is 0.292 e. The lowest BCUT2D eigenvalue weighted by molar-refractivity contribution is 0.0521. The van der Waals surface area contributed by atoms with E-state index >= 15 is 0 Å². The van der Waals surface area contributed by atoms with Crippen LogP contribution in [-0.4, -0.2) is 44.7 Å². The van der Waals surface area contributed by atoms with Crippen molar-refractivity contribution in [3.63, 3.8) is 0 Å². The molecule has 1 aliphatic heterocycles. The highest BCUT2D eigenvalue weighted by molar-refractivity contribution is 6.30. The van der Waals surface area contributed by atoms with Crippen LogP contribution in [0.15, 0.2) is 24.3 Å². The summed E-state index contributed by atoms with van der Waals surface area (Å²) in [6.07, 6.45) is 6.20. The molecule has 0 saturated heterocycles. The number of nitrogens with zero attached hydrogens (tertiary/aromatic N) is 4. The van der Waals surface area contributed by atoms with Gasteiger partial charge in [-0.2, -0.15) is 0 Å². The minimum atomic E-state index is -0.0423. The van der Waals surface area contributed by atoms with Crippen molar-refractivity contribution in [3.8, 4) is 0 Å². The number of rotatable bonds is 4. The first-order valence-electron chi connectivity index (χ1n) is 10.3. The van der Waals surface area contributed by atoms with E-state index in [2.05, 4.69) is 20.8 Å². The molecule has 0 bridgehead atoms. The van der Waals surface area contributed by atoms with Gasteiger partial charge in [0.25, 0.3) is 5.91 Å². The fourth-order valence-corrected chi connectivity index (χ4v) is 5.21. The molecule has 1 aromatic heterocycles. The fourth-order valence-electron chi connectivity index (χ4n) is 5.02. The number of hydrogen-bond acceptors (Lipinski definition) is 4. The average molecular weight is 473 g/mol. The molecule has 1 amide bonds. The molecule has 0 atom stereocenters. The molecule has 2 aromatic rings. The zero-order valence-electron chi connectivity index (χ0n) is 16.8. The Hall–Kier alpha value is -1.34. The van der Waals surface area contributed by atoms with Gasteiger partial charge in [-0.05, 0) is 56.2 Å². The number of carbonyl (C=O) groups is 1. The summed E-state index contributed by atoms with van der Waals surface area (Å²) in [7, 11) is 0. The second-order valence-electron chi connectivity index (χ2n) is 8.53. The predicted molar refractivity (Wildman–Crippen MR) is 122 cm³/mol. The molecule has 1 aromatic carbocycles. The van der Waals surface area contributed by atoms with Crippen molar-refractivity contribution < 1.29 is 4.79 Å². The van der Waals surface area contributed by atoms with E-state index in [1.165, 1.54) is 18.4 Å². The number of nitrogens with two attached hydrogens (primary N) is 1. The van der Waals surface area contributed by atoms with E-state index in [4.69, 9.17) is 17.3 Å². The summed E-state index contributed by atoms with van der Waals surface area (Å²) < 4.78 is 2.05. The topological polar surface area (TPSA) is 77.0 Å². The molecule has 2 N–H and O–H groups in total. The molecule has 2 heterocycles. The average Bonchev–Trinajstić information content (AvgIpc) is 3.47. The summed E-state index contributed by atoms with van der Waals surface area (Å²) in [5.41, 5.74) is 7.41. The molecule has 30 heavy (non-hydrogen) atoms. The van der Waals surface area contributed by atoms with Crippen molar-refractivity contribution in [1.82, 2.24) is 19.7 Å². The van der Waals surface area contributed by atoms with Gasteiger partial charge in [0.05, 0.1) is 0 Å². The highest BCUT2D eigenvalue weighted by Crippen LogP contribution is 2.42. The first-order valence-corrected chi connectivity index (χ1v) is 10.7. The molecular formula is C21H28Cl3N5O. The highest BCUT2D eigenvalue weighted by Gasteiger charge is 2.41. The highest BCUT2D eigenvalue weighted by atomic mass is 35.5. The lowest BCUT2D eigenvalue weighted by Crippen LogP contribution is -2.51. The molecule has 3 aliphatic rings. The van der Waals surface area contributed by atoms with E-state index in [0.717, 1.165) is 49.6 Å². The zero-order chi connectivity index (χ0) is 19.3. The van der Waals surface area contributed by atoms with Crippen LogP contribution in [0.4, 0.5) is 0 Å². The first kappa shape index (κ1) is 23.3. The van der Waals surface area contributed by atoms with Crippen molar-refractivity contribution in [1.29, 1.82) is 0 Å². The molecule has 164 valence electrons. The second-order valence-corrected chi connectivity index (χ2v) is 8.97. The summed E-state index contributed by atoms with van der Waals surface area (Å²) in [6.45, 7) is 2.17. The van der Waals surface area contributed by atoms with Gasteiger partial charge in [-0.15, -0.1) is 35.0 Å². The van der Waals surface area contributed by atoms with Crippen molar-refractivity contribution in [2.24, 2.45) is 5.73 Å². The predicted octanol–water partition coefficient (Wildman–Crippen LogP) is 3.95. The lowest BCUT2D eigenvalue weighted by atomic mass is 9.68. The van der Waals surface area contributed by atoms with E-state index in [9.17, 15) is 4.79 Å². The number of amides is 1. The van der Waals surface area contributed by atoms with Crippen LogP contribution in [0.25, 0.3) is 0 Å². The Morgan fingerprint density at radius 1 is 1.10 bits per heavy atom. The smallest absolute Gasteiger partial charge is 0.292 e. The third-order valence-corrected chi connectivity index (χ3v) is 7.15. The first-order chi connectivity index (χ1) is 13.6. The quantitative estimate of drug-likeness (QED) is 0.731. The monoisotopic (exact) mass is 471 g/mol. The number of fused-ring (bicyclic) bond motifs is 1. The van der Waals surface area contributed by atoms with E-state index in [-0.39, 0.29) is 42.2 Å². The maximum atomic E-state index is 13.1. The van der Waals surface area contributed by atoms with Crippen LogP contribution in [0.1, 0.15) is 66.4 Å². The van der Waals surface area contributed by atoms with Crippen molar-refractivity contribution in [2.45, 2.75) is 62.4 Å². The third-order valence-electron chi connectivity index (χ3n) is 6.92. The number of aromatic nitrogens is 3. The number of hydrogen-bond donors (Lipinski definition) is 1. The van der Waals surface area contributed by atoms with Crippen LogP contribution < -0.4 is 5.73 Å². The number of benzene rings is 1. The summed E-state index contributed by atoms with van der Waals surface area (Å²) in [4.78, 5) is 15.1. The van der Waals surface area contributed by atoms with Crippen molar-refractivity contribution in [2.75, 3.05) is 13.1 Å². The van der Waals surface area contributed by atoms with Gasteiger partial charge in [-0.3, -0.25) is 4.79 Å². The standard InChI is InChI=1S/C21H26ClN5O.2ClH/c22-16-3-1-2-15(12-16)21(13-23)8-6-17(7-9-21)26-10-11-27-18(14-4-5-14)24-25-19(27)20(26)28;;/h1-3,12,14,17H,4-11,13,23H2;2*1H. The van der Waals surface area contributed by atoms with Crippen molar-refractivity contribution in [3.05, 3.63) is 46.5 Å². The molecule has 5 rings (SSSR count). The van der Waals surface area contributed by atoms with Crippen molar-refractivity contribution >= 4 is 42.3 Å². The van der Waals surface area contributed by atoms with Gasteiger partial charge >= 0.3 is 0 Å². The molecule has 0 radical (unpaired) electrons. The van der Waals surface area contributed by atoms with E-state index in [0.29, 0.717) is 18.3 Å². The summed E-state index contributed by atoms with van der Waals surface area (Å²) in [5.74, 6) is 2.09. The van der Waals surface area contributed by atoms with Crippen LogP contribution in [0.3, 0.4) is 0 Å². The van der Waals surface area contributed by atoms with Gasteiger partial charge in [0.15, 0.2) is 0 Å². The van der Waals surface area contributed by atoms with Gasteiger partial charge in [0.1, 0.15) is 5.82 Å². The van der Waals surface area contributed by atoms with Gasteiger partial charge in [-0.25, -0.2) is 0 Å². The Morgan fingerprint density at radius 2 is 1.83 bits per heavy atom. The Labute approximate surface area is 194 Å². The molecule has 0 spiro atoms. The van der Waals surface area contributed by atoms with Crippen LogP contribution in [0.2, 0.25) is 5.02 Å². The Balaban J connectivity index is 0.00000128. The minimum absolute atomic E-state index is 0. The lowest BCUT2D eigenvalue weighted by Gasteiger charge is -2.44. The van der Waals surface area contributed by atoms with Gasteiger partial charge in [0.2, 0.25) is 5.82 Å². The third kappa shape index (κ3) is 3.95. The fraction of sp³-hybridized carbons (Fsp3) is 0.571. The molecule has 0 unspecified atom stereocenters. The zero-order valence-corrected chi connectivity index (χ0v) is 19.2. The summed E-state index contributed by atoms with van der Waals surface area (Å²) in [5, 5.41) is 9.30. The minimum Gasteiger partial charge on any atom is -0.331 e. The maximum absolute atomic E-state index is 13.1. The van der Waals surface area contributed by atoms with E-state index in [1.807, 2.05) is 23.1 Å². The molecular weight excluding hydrogens is 445 g/mol. The van der Waals surface area contributed by atoms with Gasteiger partial charge in [-0.1, -0.05) is 23.7 Å². The van der Waals surface area contributed by atoms with Gasteiger partial charge in [0, 0.05) is 42.0 Å². The Morgan fingerprint density at radius 3 is 2.47 bits per heavy atom. The molecule has 2 aliphatic carbocycles. The molecule has 2 saturated carbocycles. The Bertz CT molecular complexity index is 906.